The number of carboxylic acid groups (broad SMARTS) is 1. The third-order valence-electron chi connectivity index (χ3n) is 6.31. The molecule has 1 fully saturated rings. The lowest BCUT2D eigenvalue weighted by molar-refractivity contribution is -0.146. The molecular weight excluding hydrogens is 445 g/mol. The minimum Gasteiger partial charge on any atom is -0.497 e. The standard InChI is InChI=1S/C24H28FN3O4S/c1-31-17-3-5-22-19(14-17)18(6-8-26-22)21(25)4-2-16-7-10-28(15-20(16)23(29)30)11-13-33-24-27-9-12-32-24/h3,5-6,8-9,12,14,16,20-21H,2,4,7,10-11,13,15H2,1H3,(H,29,30)/t16-,20+,21-/m1/s1. The number of oxazole rings is 1. The second-order valence-electron chi connectivity index (χ2n) is 8.27. The molecule has 2 aromatic heterocycles. The smallest absolute Gasteiger partial charge is 0.308 e. The van der Waals surface area contributed by atoms with Crippen LogP contribution in [0.15, 0.2) is 52.6 Å². The molecule has 0 saturated carbocycles. The molecule has 9 heteroatoms. The predicted octanol–water partition coefficient (Wildman–Crippen LogP) is 4.84. The Morgan fingerprint density at radius 2 is 2.24 bits per heavy atom. The van der Waals surface area contributed by atoms with Gasteiger partial charge in [-0.15, -0.1) is 0 Å². The van der Waals surface area contributed by atoms with Gasteiger partial charge in [-0.3, -0.25) is 9.78 Å². The van der Waals surface area contributed by atoms with E-state index in [1.165, 1.54) is 18.0 Å². The highest BCUT2D eigenvalue weighted by molar-refractivity contribution is 7.99. The predicted molar refractivity (Wildman–Crippen MR) is 124 cm³/mol. The molecule has 176 valence electrons. The molecule has 0 amide bonds. The number of alkyl halides is 1. The van der Waals surface area contributed by atoms with E-state index >= 15 is 4.39 Å². The van der Waals surface area contributed by atoms with E-state index in [4.69, 9.17) is 9.15 Å². The number of halogens is 1. The lowest BCUT2D eigenvalue weighted by atomic mass is 9.81. The van der Waals surface area contributed by atoms with Crippen LogP contribution in [-0.2, 0) is 4.79 Å². The summed E-state index contributed by atoms with van der Waals surface area (Å²) in [4.78, 5) is 22.5. The van der Waals surface area contributed by atoms with Gasteiger partial charge in [0.1, 0.15) is 18.2 Å². The Morgan fingerprint density at radius 1 is 1.36 bits per heavy atom. The number of fused-ring (bicyclic) bond motifs is 1. The van der Waals surface area contributed by atoms with Crippen LogP contribution in [0.25, 0.3) is 10.9 Å². The monoisotopic (exact) mass is 473 g/mol. The van der Waals surface area contributed by atoms with Crippen LogP contribution in [0.1, 0.15) is 31.0 Å². The lowest BCUT2D eigenvalue weighted by Gasteiger charge is -2.36. The van der Waals surface area contributed by atoms with Crippen LogP contribution < -0.4 is 4.74 Å². The highest BCUT2D eigenvalue weighted by atomic mass is 32.2. The fourth-order valence-corrected chi connectivity index (χ4v) is 5.29. The summed E-state index contributed by atoms with van der Waals surface area (Å²) in [6.07, 6.45) is 5.14. The summed E-state index contributed by atoms with van der Waals surface area (Å²) in [5, 5.41) is 11.2. The molecule has 1 aliphatic rings. The van der Waals surface area contributed by atoms with Crippen molar-refractivity contribution in [1.29, 1.82) is 0 Å². The first kappa shape index (κ1) is 23.5. The van der Waals surface area contributed by atoms with Gasteiger partial charge in [-0.2, -0.15) is 0 Å². The summed E-state index contributed by atoms with van der Waals surface area (Å²) in [6.45, 7) is 2.06. The molecule has 0 bridgehead atoms. The van der Waals surface area contributed by atoms with Gasteiger partial charge in [-0.25, -0.2) is 9.37 Å². The number of ether oxygens (including phenoxy) is 1. The normalized spacial score (nSPS) is 20.1. The SMILES string of the molecule is COc1ccc2nccc([C@H](F)CC[C@@H]3CCN(CCSc4ncco4)C[C@@H]3C(=O)O)c2c1. The van der Waals surface area contributed by atoms with Crippen molar-refractivity contribution in [3.63, 3.8) is 0 Å². The van der Waals surface area contributed by atoms with Gasteiger partial charge in [0.25, 0.3) is 5.22 Å². The molecule has 0 unspecified atom stereocenters. The van der Waals surface area contributed by atoms with Crippen molar-refractivity contribution in [2.45, 2.75) is 30.7 Å². The van der Waals surface area contributed by atoms with Crippen molar-refractivity contribution < 1.29 is 23.4 Å². The van der Waals surface area contributed by atoms with Crippen LogP contribution in [0.5, 0.6) is 5.75 Å². The summed E-state index contributed by atoms with van der Waals surface area (Å²) in [6, 6.07) is 7.14. The molecule has 33 heavy (non-hydrogen) atoms. The molecule has 0 radical (unpaired) electrons. The van der Waals surface area contributed by atoms with E-state index in [1.54, 1.807) is 37.7 Å². The first-order valence-electron chi connectivity index (χ1n) is 11.1. The van der Waals surface area contributed by atoms with Crippen LogP contribution >= 0.6 is 11.8 Å². The molecular formula is C24H28FN3O4S. The number of likely N-dealkylation sites (tertiary alicyclic amines) is 1. The first-order valence-corrected chi connectivity index (χ1v) is 12.1. The average Bonchev–Trinajstić information content (AvgIpc) is 3.35. The van der Waals surface area contributed by atoms with Gasteiger partial charge in [0.05, 0.1) is 24.7 Å². The van der Waals surface area contributed by atoms with E-state index in [9.17, 15) is 9.90 Å². The second-order valence-corrected chi connectivity index (χ2v) is 9.31. The summed E-state index contributed by atoms with van der Waals surface area (Å²) in [7, 11) is 1.58. The fraction of sp³-hybridized carbons (Fsp3) is 0.458. The largest absolute Gasteiger partial charge is 0.497 e. The number of thioether (sulfide) groups is 1. The van der Waals surface area contributed by atoms with Crippen LogP contribution in [0.3, 0.4) is 0 Å². The summed E-state index contributed by atoms with van der Waals surface area (Å²) in [5.41, 5.74) is 1.29. The van der Waals surface area contributed by atoms with Gasteiger partial charge in [0.15, 0.2) is 0 Å². The first-order chi connectivity index (χ1) is 16.0. The third kappa shape index (κ3) is 5.83. The van der Waals surface area contributed by atoms with Crippen LogP contribution in [0.2, 0.25) is 0 Å². The number of hydrogen-bond acceptors (Lipinski definition) is 7. The number of rotatable bonds is 10. The Hall–Kier alpha value is -2.65. The molecule has 0 aliphatic carbocycles. The number of benzene rings is 1. The lowest BCUT2D eigenvalue weighted by Crippen LogP contribution is -2.44. The topological polar surface area (TPSA) is 88.7 Å². The van der Waals surface area contributed by atoms with Gasteiger partial charge < -0.3 is 19.2 Å². The van der Waals surface area contributed by atoms with E-state index < -0.39 is 18.1 Å². The fourth-order valence-electron chi connectivity index (χ4n) is 4.50. The Balaban J connectivity index is 1.34. The van der Waals surface area contributed by atoms with Gasteiger partial charge >= 0.3 is 5.97 Å². The molecule has 3 atom stereocenters. The molecule has 1 aliphatic heterocycles. The summed E-state index contributed by atoms with van der Waals surface area (Å²) < 4.78 is 25.8. The van der Waals surface area contributed by atoms with Crippen LogP contribution in [0.4, 0.5) is 4.39 Å². The Kier molecular flexibility index (Phi) is 7.82. The minimum atomic E-state index is -1.19. The number of piperidine rings is 1. The third-order valence-corrected chi connectivity index (χ3v) is 7.15. The van der Waals surface area contributed by atoms with Gasteiger partial charge in [-0.05, 0) is 61.6 Å². The van der Waals surface area contributed by atoms with E-state index in [2.05, 4.69) is 14.9 Å². The number of carboxylic acids is 1. The Labute approximate surface area is 196 Å². The van der Waals surface area contributed by atoms with E-state index in [0.29, 0.717) is 29.5 Å². The number of nitrogens with zero attached hydrogens (tertiary/aromatic N) is 3. The molecule has 1 N–H and O–H groups in total. The van der Waals surface area contributed by atoms with Gasteiger partial charge in [-0.1, -0.05) is 11.8 Å². The number of aliphatic carboxylic acids is 1. The zero-order chi connectivity index (χ0) is 23.2. The highest BCUT2D eigenvalue weighted by Gasteiger charge is 2.34. The van der Waals surface area contributed by atoms with E-state index in [-0.39, 0.29) is 12.3 Å². The molecule has 1 saturated heterocycles. The molecule has 3 aromatic rings. The summed E-state index contributed by atoms with van der Waals surface area (Å²) in [5.74, 6) is 0.0941. The average molecular weight is 474 g/mol. The number of pyridine rings is 1. The zero-order valence-corrected chi connectivity index (χ0v) is 19.3. The van der Waals surface area contributed by atoms with Crippen molar-refractivity contribution in [3.8, 4) is 5.75 Å². The van der Waals surface area contributed by atoms with Gasteiger partial charge in [0, 0.05) is 30.4 Å². The van der Waals surface area contributed by atoms with Gasteiger partial charge in [0.2, 0.25) is 0 Å². The van der Waals surface area contributed by atoms with Crippen molar-refractivity contribution in [1.82, 2.24) is 14.9 Å². The second kappa shape index (κ2) is 11.0. The van der Waals surface area contributed by atoms with Crippen LogP contribution in [0, 0.1) is 11.8 Å². The maximum absolute atomic E-state index is 15.3. The highest BCUT2D eigenvalue weighted by Crippen LogP contribution is 2.35. The molecule has 4 rings (SSSR count). The van der Waals surface area contributed by atoms with Crippen molar-refractivity contribution >= 4 is 28.6 Å². The van der Waals surface area contributed by atoms with Crippen molar-refractivity contribution in [3.05, 3.63) is 48.5 Å². The number of carbonyl (C=O) groups is 1. The maximum Gasteiger partial charge on any atom is 0.308 e. The summed E-state index contributed by atoms with van der Waals surface area (Å²) >= 11 is 1.52. The Morgan fingerprint density at radius 3 is 3.00 bits per heavy atom. The molecule has 7 nitrogen and oxygen atoms in total. The quantitative estimate of drug-likeness (QED) is 0.419. The molecule has 3 heterocycles. The number of aromatic nitrogens is 2. The van der Waals surface area contributed by atoms with E-state index in [0.717, 1.165) is 36.2 Å². The molecule has 1 aromatic carbocycles. The van der Waals surface area contributed by atoms with E-state index in [1.807, 2.05) is 6.07 Å². The number of hydrogen-bond donors (Lipinski definition) is 1. The zero-order valence-electron chi connectivity index (χ0n) is 18.5. The van der Waals surface area contributed by atoms with Crippen molar-refractivity contribution in [2.24, 2.45) is 11.8 Å². The number of methoxy groups -OCH3 is 1. The van der Waals surface area contributed by atoms with Crippen molar-refractivity contribution in [2.75, 3.05) is 32.5 Å². The molecule has 0 spiro atoms. The Bertz CT molecular complexity index is 1070. The maximum atomic E-state index is 15.3. The minimum absolute atomic E-state index is 0.0426. The van der Waals surface area contributed by atoms with Crippen LogP contribution in [-0.4, -0.2) is 58.4 Å².